The Morgan fingerprint density at radius 2 is 1.94 bits per heavy atom. The molecule has 0 fully saturated rings. The van der Waals surface area contributed by atoms with E-state index in [9.17, 15) is 13.5 Å². The Balaban J connectivity index is 3.30. The van der Waals surface area contributed by atoms with Crippen molar-refractivity contribution in [1.29, 1.82) is 0 Å². The van der Waals surface area contributed by atoms with E-state index in [2.05, 4.69) is 0 Å². The van der Waals surface area contributed by atoms with E-state index >= 15 is 0 Å². The van der Waals surface area contributed by atoms with Crippen LogP contribution in [-0.2, 0) is 15.9 Å². The van der Waals surface area contributed by atoms with E-state index in [1.54, 1.807) is 6.07 Å². The van der Waals surface area contributed by atoms with Gasteiger partial charge in [0.2, 0.25) is 0 Å². The minimum atomic E-state index is -4.17. The molecule has 0 aromatic heterocycles. The van der Waals surface area contributed by atoms with Crippen molar-refractivity contribution in [2.75, 3.05) is 6.61 Å². The molecule has 18 heavy (non-hydrogen) atoms. The van der Waals surface area contributed by atoms with E-state index in [1.165, 1.54) is 6.07 Å². The van der Waals surface area contributed by atoms with Crippen molar-refractivity contribution in [3.05, 3.63) is 23.3 Å². The predicted octanol–water partition coefficient (Wildman–Crippen LogP) is 2.30. The Morgan fingerprint density at radius 3 is 2.39 bits per heavy atom. The van der Waals surface area contributed by atoms with Gasteiger partial charge in [0.1, 0.15) is 17.3 Å². The molecular formula is C12H18O5S. The summed E-state index contributed by atoms with van der Waals surface area (Å²) in [5, 5.41) is 10.1. The molecule has 0 heterocycles. The van der Waals surface area contributed by atoms with Crippen LogP contribution in [0.5, 0.6) is 11.5 Å². The summed E-state index contributed by atoms with van der Waals surface area (Å²) < 4.78 is 35.9. The summed E-state index contributed by atoms with van der Waals surface area (Å²) in [5.74, 6) is -0.226. The van der Waals surface area contributed by atoms with Crippen LogP contribution >= 0.6 is 0 Å². The summed E-state index contributed by atoms with van der Waals surface area (Å²) in [7, 11) is -4.17. The number of benzene rings is 1. The Kier molecular flexibility index (Phi) is 4.59. The van der Waals surface area contributed by atoms with Crippen molar-refractivity contribution in [2.24, 2.45) is 0 Å². The highest BCUT2D eigenvalue weighted by atomic mass is 32.2. The maximum atomic E-state index is 10.9. The number of aromatic hydroxyl groups is 1. The first-order valence-electron chi connectivity index (χ1n) is 5.69. The van der Waals surface area contributed by atoms with Crippen LogP contribution in [0, 0.1) is 0 Å². The Bertz CT molecular complexity index is 520. The maximum Gasteiger partial charge on any atom is 0.269 e. The second kappa shape index (κ2) is 5.58. The Morgan fingerprint density at radius 1 is 1.33 bits per heavy atom. The Hall–Kier alpha value is -1.27. The second-order valence-electron chi connectivity index (χ2n) is 4.30. The first-order valence-corrected chi connectivity index (χ1v) is 7.29. The van der Waals surface area contributed by atoms with Crippen molar-refractivity contribution in [3.63, 3.8) is 0 Å². The topological polar surface area (TPSA) is 83.8 Å². The molecule has 102 valence electrons. The molecule has 6 heteroatoms. The normalized spacial score (nSPS) is 11.8. The van der Waals surface area contributed by atoms with Gasteiger partial charge < -0.3 is 9.84 Å². The van der Waals surface area contributed by atoms with Crippen LogP contribution in [0.2, 0.25) is 0 Å². The van der Waals surface area contributed by atoms with Crippen molar-refractivity contribution in [1.82, 2.24) is 0 Å². The molecular weight excluding hydrogens is 256 g/mol. The number of hydrogen-bond acceptors (Lipinski definition) is 4. The molecule has 0 amide bonds. The highest BCUT2D eigenvalue weighted by Crippen LogP contribution is 2.37. The zero-order valence-electron chi connectivity index (χ0n) is 10.7. The fourth-order valence-corrected chi connectivity index (χ4v) is 2.41. The van der Waals surface area contributed by atoms with Gasteiger partial charge >= 0.3 is 0 Å². The van der Waals surface area contributed by atoms with E-state index < -0.39 is 15.9 Å². The van der Waals surface area contributed by atoms with Gasteiger partial charge in [0.15, 0.2) is 0 Å². The number of ether oxygens (including phenoxy) is 1. The summed E-state index contributed by atoms with van der Waals surface area (Å²) >= 11 is 0. The molecule has 0 atom stereocenters. The molecule has 0 radical (unpaired) electrons. The van der Waals surface area contributed by atoms with E-state index in [4.69, 9.17) is 9.29 Å². The van der Waals surface area contributed by atoms with Gasteiger partial charge in [-0.2, -0.15) is 8.42 Å². The molecule has 0 spiro atoms. The zero-order chi connectivity index (χ0) is 13.9. The monoisotopic (exact) mass is 274 g/mol. The van der Waals surface area contributed by atoms with E-state index in [0.29, 0.717) is 17.9 Å². The molecule has 1 aromatic carbocycles. The molecule has 1 rings (SSSR count). The van der Waals surface area contributed by atoms with Gasteiger partial charge in [0.05, 0.1) is 6.61 Å². The summed E-state index contributed by atoms with van der Waals surface area (Å²) in [5.41, 5.74) is 0.725. The number of phenolic OH excluding ortho intramolecular Hbond substituents is 1. The minimum absolute atomic E-state index is 0.0205. The molecule has 5 nitrogen and oxygen atoms in total. The average molecular weight is 274 g/mol. The maximum absolute atomic E-state index is 10.9. The molecule has 2 N–H and O–H groups in total. The van der Waals surface area contributed by atoms with Crippen molar-refractivity contribution in [2.45, 2.75) is 32.4 Å². The smallest absolute Gasteiger partial charge is 0.269 e. The second-order valence-corrected chi connectivity index (χ2v) is 5.75. The zero-order valence-corrected chi connectivity index (χ0v) is 11.5. The Labute approximate surface area is 107 Å². The van der Waals surface area contributed by atoms with Gasteiger partial charge in [-0.3, -0.25) is 4.55 Å². The standard InChI is InChI=1S/C12H18O5S/c1-4-17-10-6-5-9(7-18(14,15)16)12(13)11(10)8(2)3/h5-6,8,13H,4,7H2,1-3H3,(H,14,15,16). The molecule has 0 bridgehead atoms. The fraction of sp³-hybridized carbons (Fsp3) is 0.500. The van der Waals surface area contributed by atoms with Crippen LogP contribution in [0.4, 0.5) is 0 Å². The molecule has 0 saturated carbocycles. The quantitative estimate of drug-likeness (QED) is 0.805. The lowest BCUT2D eigenvalue weighted by molar-refractivity contribution is 0.330. The van der Waals surface area contributed by atoms with Crippen LogP contribution in [0.25, 0.3) is 0 Å². The predicted molar refractivity (Wildman–Crippen MR) is 68.6 cm³/mol. The van der Waals surface area contributed by atoms with Gasteiger partial charge in [-0.1, -0.05) is 19.9 Å². The molecule has 0 saturated heterocycles. The lowest BCUT2D eigenvalue weighted by atomic mass is 9.98. The van der Waals surface area contributed by atoms with Crippen LogP contribution in [0.3, 0.4) is 0 Å². The minimum Gasteiger partial charge on any atom is -0.507 e. The average Bonchev–Trinajstić information content (AvgIpc) is 2.20. The molecule has 0 unspecified atom stereocenters. The van der Waals surface area contributed by atoms with Gasteiger partial charge in [0, 0.05) is 11.1 Å². The fourth-order valence-electron chi connectivity index (χ4n) is 1.79. The third-order valence-electron chi connectivity index (χ3n) is 2.48. The van der Waals surface area contributed by atoms with E-state index in [-0.39, 0.29) is 17.2 Å². The van der Waals surface area contributed by atoms with E-state index in [0.717, 1.165) is 0 Å². The number of phenols is 1. The van der Waals surface area contributed by atoms with Crippen LogP contribution < -0.4 is 4.74 Å². The number of hydrogen-bond donors (Lipinski definition) is 2. The van der Waals surface area contributed by atoms with Crippen molar-refractivity contribution >= 4 is 10.1 Å². The van der Waals surface area contributed by atoms with Crippen molar-refractivity contribution < 1.29 is 22.8 Å². The molecule has 0 aliphatic heterocycles. The summed E-state index contributed by atoms with van der Waals surface area (Å²) in [6, 6.07) is 3.05. The van der Waals surface area contributed by atoms with Gasteiger partial charge in [0.25, 0.3) is 10.1 Å². The third kappa shape index (κ3) is 3.61. The highest BCUT2D eigenvalue weighted by Gasteiger charge is 2.19. The van der Waals surface area contributed by atoms with Crippen molar-refractivity contribution in [3.8, 4) is 11.5 Å². The number of rotatable bonds is 5. The summed E-state index contributed by atoms with van der Waals surface area (Å²) in [6.45, 7) is 6.02. The van der Waals surface area contributed by atoms with Gasteiger partial charge in [-0.05, 0) is 18.9 Å². The lowest BCUT2D eigenvalue weighted by Crippen LogP contribution is -2.05. The summed E-state index contributed by atoms with van der Waals surface area (Å²) in [6.07, 6.45) is 0. The van der Waals surface area contributed by atoms with Gasteiger partial charge in [-0.15, -0.1) is 0 Å². The lowest BCUT2D eigenvalue weighted by Gasteiger charge is -2.17. The largest absolute Gasteiger partial charge is 0.507 e. The molecule has 0 aliphatic carbocycles. The first kappa shape index (κ1) is 14.8. The summed E-state index contributed by atoms with van der Waals surface area (Å²) in [4.78, 5) is 0. The third-order valence-corrected chi connectivity index (χ3v) is 3.15. The van der Waals surface area contributed by atoms with Crippen LogP contribution in [0.15, 0.2) is 12.1 Å². The highest BCUT2D eigenvalue weighted by molar-refractivity contribution is 7.85. The molecule has 1 aromatic rings. The molecule has 0 aliphatic rings. The van der Waals surface area contributed by atoms with E-state index in [1.807, 2.05) is 20.8 Å². The van der Waals surface area contributed by atoms with Crippen LogP contribution in [0.1, 0.15) is 37.8 Å². The van der Waals surface area contributed by atoms with Crippen LogP contribution in [-0.4, -0.2) is 24.7 Å². The SMILES string of the molecule is CCOc1ccc(CS(=O)(=O)O)c(O)c1C(C)C. The van der Waals surface area contributed by atoms with Gasteiger partial charge in [-0.25, -0.2) is 0 Å². The first-order chi connectivity index (χ1) is 8.26.